The summed E-state index contributed by atoms with van der Waals surface area (Å²) in [5.41, 5.74) is 13.5. The number of nitrogen functional groups attached to an aromatic ring is 1. The number of benzene rings is 2. The minimum absolute atomic E-state index is 0.0144. The van der Waals surface area contributed by atoms with Crippen LogP contribution in [0.3, 0.4) is 0 Å². The molecule has 0 atom stereocenters. The van der Waals surface area contributed by atoms with E-state index in [1.165, 1.54) is 18.2 Å². The Morgan fingerprint density at radius 3 is 2.22 bits per heavy atom. The first kappa shape index (κ1) is 16.5. The lowest BCUT2D eigenvalue weighted by Gasteiger charge is -2.11. The van der Waals surface area contributed by atoms with Crippen molar-refractivity contribution < 1.29 is 13.2 Å². The van der Waals surface area contributed by atoms with Crippen LogP contribution in [0, 0.1) is 11.8 Å². The van der Waals surface area contributed by atoms with E-state index in [1.807, 2.05) is 0 Å². The Kier molecular flexibility index (Phi) is 4.40. The van der Waals surface area contributed by atoms with E-state index in [-0.39, 0.29) is 16.1 Å². The first-order chi connectivity index (χ1) is 10.7. The van der Waals surface area contributed by atoms with Crippen molar-refractivity contribution in [3.63, 3.8) is 0 Å². The predicted molar refractivity (Wildman–Crippen MR) is 88.7 cm³/mol. The second-order valence-corrected chi connectivity index (χ2v) is 6.36. The van der Waals surface area contributed by atoms with Gasteiger partial charge in [0.2, 0.25) is 10.0 Å². The van der Waals surface area contributed by atoms with Crippen molar-refractivity contribution >= 4 is 21.6 Å². The number of hydrogen-bond donors (Lipinski definition) is 3. The Hall–Kier alpha value is -2.82. The number of amides is 1. The molecule has 0 heterocycles. The number of nitrogens with two attached hydrogens (primary N) is 3. The Labute approximate surface area is 134 Å². The SMILES string of the molecule is CC#Cc1cc(C(N)=O)c(N)c(-c2ccc(S(N)(=O)=O)cc2)c1. The van der Waals surface area contributed by atoms with Gasteiger partial charge < -0.3 is 11.5 Å². The summed E-state index contributed by atoms with van der Waals surface area (Å²) in [6, 6.07) is 9.08. The summed E-state index contributed by atoms with van der Waals surface area (Å²) in [6.07, 6.45) is 0. The van der Waals surface area contributed by atoms with Gasteiger partial charge in [0.05, 0.1) is 16.1 Å². The van der Waals surface area contributed by atoms with Gasteiger partial charge in [0.25, 0.3) is 5.91 Å². The van der Waals surface area contributed by atoms with Gasteiger partial charge in [0.1, 0.15) is 0 Å². The highest BCUT2D eigenvalue weighted by atomic mass is 32.2. The Bertz CT molecular complexity index is 937. The summed E-state index contributed by atoms with van der Waals surface area (Å²) in [4.78, 5) is 11.5. The third-order valence-corrected chi connectivity index (χ3v) is 4.14. The van der Waals surface area contributed by atoms with Crippen molar-refractivity contribution in [2.45, 2.75) is 11.8 Å². The first-order valence-corrected chi connectivity index (χ1v) is 8.08. The second kappa shape index (κ2) is 6.12. The summed E-state index contributed by atoms with van der Waals surface area (Å²) in [6.45, 7) is 1.67. The monoisotopic (exact) mass is 329 g/mol. The number of anilines is 1. The molecule has 23 heavy (non-hydrogen) atoms. The third kappa shape index (κ3) is 3.51. The largest absolute Gasteiger partial charge is 0.398 e. The highest BCUT2D eigenvalue weighted by molar-refractivity contribution is 7.89. The van der Waals surface area contributed by atoms with Crippen LogP contribution < -0.4 is 16.6 Å². The highest BCUT2D eigenvalue weighted by Crippen LogP contribution is 2.30. The van der Waals surface area contributed by atoms with Crippen molar-refractivity contribution in [1.82, 2.24) is 0 Å². The second-order valence-electron chi connectivity index (χ2n) is 4.79. The van der Waals surface area contributed by atoms with Crippen molar-refractivity contribution in [3.05, 3.63) is 47.5 Å². The van der Waals surface area contributed by atoms with Crippen LogP contribution in [0.15, 0.2) is 41.3 Å². The van der Waals surface area contributed by atoms with Crippen LogP contribution >= 0.6 is 0 Å². The third-order valence-electron chi connectivity index (χ3n) is 3.21. The quantitative estimate of drug-likeness (QED) is 0.574. The fourth-order valence-electron chi connectivity index (χ4n) is 2.14. The molecule has 6 N–H and O–H groups in total. The van der Waals surface area contributed by atoms with Crippen molar-refractivity contribution in [1.29, 1.82) is 0 Å². The van der Waals surface area contributed by atoms with Crippen molar-refractivity contribution in [3.8, 4) is 23.0 Å². The van der Waals surface area contributed by atoms with Gasteiger partial charge in [-0.15, -0.1) is 5.92 Å². The predicted octanol–water partition coefficient (Wildman–Crippen LogP) is 1.05. The fourth-order valence-corrected chi connectivity index (χ4v) is 2.65. The zero-order valence-electron chi connectivity index (χ0n) is 12.3. The Morgan fingerprint density at radius 2 is 1.74 bits per heavy atom. The maximum atomic E-state index is 11.5. The molecule has 0 radical (unpaired) electrons. The lowest BCUT2D eigenvalue weighted by Crippen LogP contribution is -2.14. The van der Waals surface area contributed by atoms with Gasteiger partial charge in [-0.05, 0) is 36.8 Å². The van der Waals surface area contributed by atoms with E-state index in [0.717, 1.165) is 0 Å². The molecule has 0 aromatic heterocycles. The van der Waals surface area contributed by atoms with Gasteiger partial charge in [0.15, 0.2) is 0 Å². The van der Waals surface area contributed by atoms with Gasteiger partial charge in [-0.2, -0.15) is 0 Å². The van der Waals surface area contributed by atoms with Crippen LogP contribution in [0.1, 0.15) is 22.8 Å². The van der Waals surface area contributed by atoms with E-state index in [9.17, 15) is 13.2 Å². The molecule has 0 aliphatic carbocycles. The molecule has 2 aromatic rings. The van der Waals surface area contributed by atoms with Crippen LogP contribution in [0.5, 0.6) is 0 Å². The maximum absolute atomic E-state index is 11.5. The lowest BCUT2D eigenvalue weighted by molar-refractivity contribution is 0.100. The number of primary sulfonamides is 1. The van der Waals surface area contributed by atoms with Crippen LogP contribution in [0.4, 0.5) is 5.69 Å². The fraction of sp³-hybridized carbons (Fsp3) is 0.0625. The molecule has 0 saturated heterocycles. The molecular weight excluding hydrogens is 314 g/mol. The highest BCUT2D eigenvalue weighted by Gasteiger charge is 2.14. The normalized spacial score (nSPS) is 10.7. The zero-order valence-corrected chi connectivity index (χ0v) is 13.1. The van der Waals surface area contributed by atoms with E-state index in [2.05, 4.69) is 11.8 Å². The number of carbonyl (C=O) groups excluding carboxylic acids is 1. The number of sulfonamides is 1. The van der Waals surface area contributed by atoms with E-state index in [0.29, 0.717) is 16.7 Å². The molecule has 0 fully saturated rings. The Balaban J connectivity index is 2.66. The number of primary amides is 1. The number of carbonyl (C=O) groups is 1. The molecule has 2 aromatic carbocycles. The first-order valence-electron chi connectivity index (χ1n) is 6.53. The summed E-state index contributed by atoms with van der Waals surface area (Å²) in [5, 5.41) is 5.07. The maximum Gasteiger partial charge on any atom is 0.250 e. The van der Waals surface area contributed by atoms with E-state index < -0.39 is 15.9 Å². The molecule has 0 spiro atoms. The number of rotatable bonds is 3. The standard InChI is InChI=1S/C16H15N3O3S/c1-2-3-10-8-13(15(17)14(9-10)16(18)20)11-4-6-12(7-5-11)23(19,21)22/h4-9H,17H2,1H3,(H2,18,20)(H2,19,21,22). The smallest absolute Gasteiger partial charge is 0.250 e. The van der Waals surface area contributed by atoms with Crippen molar-refractivity contribution in [2.75, 3.05) is 5.73 Å². The molecule has 0 bridgehead atoms. The van der Waals surface area contributed by atoms with Crippen LogP contribution in [-0.4, -0.2) is 14.3 Å². The molecule has 118 valence electrons. The summed E-state index contributed by atoms with van der Waals surface area (Å²) in [5.74, 6) is 4.92. The molecule has 0 aliphatic rings. The lowest BCUT2D eigenvalue weighted by atomic mass is 9.97. The van der Waals surface area contributed by atoms with Gasteiger partial charge in [-0.1, -0.05) is 18.1 Å². The minimum Gasteiger partial charge on any atom is -0.398 e. The van der Waals surface area contributed by atoms with Gasteiger partial charge in [0, 0.05) is 11.1 Å². The van der Waals surface area contributed by atoms with E-state index in [4.69, 9.17) is 16.6 Å². The summed E-state index contributed by atoms with van der Waals surface area (Å²) >= 11 is 0. The van der Waals surface area contributed by atoms with Gasteiger partial charge >= 0.3 is 0 Å². The molecule has 0 aliphatic heterocycles. The molecule has 2 rings (SSSR count). The van der Waals surface area contributed by atoms with E-state index in [1.54, 1.807) is 25.1 Å². The summed E-state index contributed by atoms with van der Waals surface area (Å²) in [7, 11) is -3.78. The Morgan fingerprint density at radius 1 is 1.13 bits per heavy atom. The molecule has 7 heteroatoms. The molecule has 6 nitrogen and oxygen atoms in total. The molecule has 1 amide bonds. The van der Waals surface area contributed by atoms with Crippen molar-refractivity contribution in [2.24, 2.45) is 10.9 Å². The minimum atomic E-state index is -3.78. The number of hydrogen-bond acceptors (Lipinski definition) is 4. The molecular formula is C16H15N3O3S. The molecule has 0 saturated carbocycles. The van der Waals surface area contributed by atoms with Gasteiger partial charge in [-0.3, -0.25) is 4.79 Å². The molecule has 0 unspecified atom stereocenters. The van der Waals surface area contributed by atoms with Crippen LogP contribution in [-0.2, 0) is 10.0 Å². The van der Waals surface area contributed by atoms with E-state index >= 15 is 0 Å². The summed E-state index contributed by atoms with van der Waals surface area (Å²) < 4.78 is 22.6. The van der Waals surface area contributed by atoms with Gasteiger partial charge in [-0.25, -0.2) is 13.6 Å². The average Bonchev–Trinajstić information content (AvgIpc) is 2.48. The van der Waals surface area contributed by atoms with Crippen LogP contribution in [0.25, 0.3) is 11.1 Å². The average molecular weight is 329 g/mol. The van der Waals surface area contributed by atoms with Crippen LogP contribution in [0.2, 0.25) is 0 Å². The zero-order chi connectivity index (χ0) is 17.2. The topological polar surface area (TPSA) is 129 Å².